The number of rotatable bonds is 9. The van der Waals surface area contributed by atoms with E-state index in [0.717, 1.165) is 0 Å². The van der Waals surface area contributed by atoms with E-state index in [2.05, 4.69) is 16.0 Å². The van der Waals surface area contributed by atoms with E-state index < -0.39 is 47.9 Å². The third kappa shape index (κ3) is 6.19. The van der Waals surface area contributed by atoms with Gasteiger partial charge in [-0.25, -0.2) is 4.79 Å². The van der Waals surface area contributed by atoms with Crippen LogP contribution in [0.4, 0.5) is 5.69 Å². The van der Waals surface area contributed by atoms with Crippen LogP contribution in [0.25, 0.3) is 0 Å². The molecule has 1 aliphatic rings. The topological polar surface area (TPSA) is 162 Å². The fourth-order valence-electron chi connectivity index (χ4n) is 4.05. The molecule has 0 saturated heterocycles. The van der Waals surface area contributed by atoms with Crippen LogP contribution in [-0.2, 0) is 16.1 Å². The lowest BCUT2D eigenvalue weighted by atomic mass is 10.0. The average molecular weight is 570 g/mol. The number of phenols is 1. The van der Waals surface area contributed by atoms with Crippen LogP contribution >= 0.6 is 23.2 Å². The Labute approximate surface area is 231 Å². The van der Waals surface area contributed by atoms with Crippen molar-refractivity contribution in [3.63, 3.8) is 0 Å². The lowest BCUT2D eigenvalue weighted by Gasteiger charge is -2.17. The third-order valence-electron chi connectivity index (χ3n) is 5.97. The van der Waals surface area contributed by atoms with Gasteiger partial charge in [-0.1, -0.05) is 47.5 Å². The summed E-state index contributed by atoms with van der Waals surface area (Å²) in [7, 11) is 0. The molecule has 1 aliphatic heterocycles. The molecule has 10 nitrogen and oxygen atoms in total. The van der Waals surface area contributed by atoms with Crippen LogP contribution in [0, 0.1) is 0 Å². The number of hydrogen-bond donors (Lipinski definition) is 5. The number of anilines is 1. The first-order chi connectivity index (χ1) is 18.5. The number of benzene rings is 3. The fraction of sp³-hybridized carbons (Fsp3) is 0.148. The highest BCUT2D eigenvalue weighted by Crippen LogP contribution is 2.29. The average Bonchev–Trinajstić information content (AvgIpc) is 3.23. The normalized spacial score (nSPS) is 14.6. The summed E-state index contributed by atoms with van der Waals surface area (Å²) in [5, 5.41) is 26.4. The number of carbonyl (C=O) groups is 5. The monoisotopic (exact) mass is 569 g/mol. The number of phenolic OH excluding ortho intramolecular Hbond substituents is 1. The number of aromatic hydroxyl groups is 1. The first kappa shape index (κ1) is 27.6. The summed E-state index contributed by atoms with van der Waals surface area (Å²) in [4.78, 5) is 62.6. The number of aliphatic carboxylic acids is 1. The van der Waals surface area contributed by atoms with Crippen LogP contribution < -0.4 is 16.0 Å². The molecule has 0 saturated carbocycles. The van der Waals surface area contributed by atoms with Crippen LogP contribution in [0.2, 0.25) is 10.0 Å². The maximum absolute atomic E-state index is 13.0. The van der Waals surface area contributed by atoms with Crippen LogP contribution in [0.3, 0.4) is 0 Å². The lowest BCUT2D eigenvalue weighted by Crippen LogP contribution is -2.49. The Hall–Kier alpha value is -4.41. The Morgan fingerprint density at radius 2 is 1.67 bits per heavy atom. The van der Waals surface area contributed by atoms with Gasteiger partial charge in [0.15, 0.2) is 17.6 Å². The SMILES string of the molecule is O=C(NCc1cccc(O)c1)c1cc(Cl)c(C(=O)CC(NC(=O)C2Nc3ccccc3C2=O)C(=O)O)c(Cl)c1. The molecule has 5 N–H and O–H groups in total. The van der Waals surface area contributed by atoms with E-state index in [4.69, 9.17) is 23.2 Å². The van der Waals surface area contributed by atoms with Crippen molar-refractivity contribution >= 4 is 58.2 Å². The molecular weight excluding hydrogens is 549 g/mol. The number of carboxylic acids is 1. The minimum absolute atomic E-state index is 0.0442. The minimum Gasteiger partial charge on any atom is -0.508 e. The number of hydrogen-bond acceptors (Lipinski definition) is 7. The molecule has 12 heteroatoms. The Bertz CT molecular complexity index is 1490. The Morgan fingerprint density at radius 3 is 2.31 bits per heavy atom. The van der Waals surface area contributed by atoms with E-state index in [1.165, 1.54) is 30.3 Å². The predicted molar refractivity (Wildman–Crippen MR) is 142 cm³/mol. The first-order valence-corrected chi connectivity index (χ1v) is 12.3. The molecule has 0 fully saturated rings. The summed E-state index contributed by atoms with van der Waals surface area (Å²) in [6.45, 7) is 0.104. The van der Waals surface area contributed by atoms with Gasteiger partial charge in [-0.2, -0.15) is 0 Å². The molecule has 0 aliphatic carbocycles. The van der Waals surface area contributed by atoms with Gasteiger partial charge >= 0.3 is 5.97 Å². The van der Waals surface area contributed by atoms with Crippen molar-refractivity contribution in [1.29, 1.82) is 0 Å². The number of para-hydroxylation sites is 1. The Morgan fingerprint density at radius 1 is 0.974 bits per heavy atom. The molecule has 0 aromatic heterocycles. The molecule has 2 unspecified atom stereocenters. The van der Waals surface area contributed by atoms with E-state index in [1.807, 2.05) is 0 Å². The fourth-order valence-corrected chi connectivity index (χ4v) is 4.75. The number of amides is 2. The summed E-state index contributed by atoms with van der Waals surface area (Å²) in [5.74, 6) is -4.24. The van der Waals surface area contributed by atoms with Crippen molar-refractivity contribution in [1.82, 2.24) is 10.6 Å². The highest BCUT2D eigenvalue weighted by Gasteiger charge is 2.37. The first-order valence-electron chi connectivity index (χ1n) is 11.6. The summed E-state index contributed by atoms with van der Waals surface area (Å²) in [5.41, 5.74) is 1.22. The number of Topliss-reactive ketones (excluding diaryl/α,β-unsaturated/α-hetero) is 2. The van der Waals surface area contributed by atoms with Gasteiger partial charge < -0.3 is 26.2 Å². The zero-order valence-electron chi connectivity index (χ0n) is 20.0. The van der Waals surface area contributed by atoms with Crippen LogP contribution in [0.15, 0.2) is 60.7 Å². The molecule has 4 rings (SSSR count). The largest absolute Gasteiger partial charge is 0.508 e. The standard InChI is InChI=1S/C27H21Cl2N3O7/c28-17-9-14(25(36)30-12-13-4-3-5-15(33)8-13)10-18(29)22(17)21(34)11-20(27(38)39)32-26(37)23-24(35)16-6-1-2-7-19(16)31-23/h1-10,20,23,31,33H,11-12H2,(H,30,36)(H,32,37)(H,38,39). The van der Waals surface area contributed by atoms with E-state index >= 15 is 0 Å². The molecular formula is C27H21Cl2N3O7. The van der Waals surface area contributed by atoms with E-state index in [1.54, 1.807) is 30.3 Å². The summed E-state index contributed by atoms with van der Waals surface area (Å²) < 4.78 is 0. The zero-order valence-corrected chi connectivity index (χ0v) is 21.5. The highest BCUT2D eigenvalue weighted by atomic mass is 35.5. The second-order valence-electron chi connectivity index (χ2n) is 8.68. The summed E-state index contributed by atoms with van der Waals surface area (Å²) in [6, 6.07) is 12.2. The lowest BCUT2D eigenvalue weighted by molar-refractivity contribution is -0.141. The van der Waals surface area contributed by atoms with Gasteiger partial charge in [0.05, 0.1) is 15.6 Å². The number of ketones is 2. The van der Waals surface area contributed by atoms with Crippen molar-refractivity contribution in [2.24, 2.45) is 0 Å². The van der Waals surface area contributed by atoms with Gasteiger partial charge in [0, 0.05) is 29.8 Å². The third-order valence-corrected chi connectivity index (χ3v) is 6.56. The van der Waals surface area contributed by atoms with Gasteiger partial charge in [0.25, 0.3) is 11.8 Å². The van der Waals surface area contributed by atoms with Gasteiger partial charge in [-0.15, -0.1) is 0 Å². The van der Waals surface area contributed by atoms with Crippen LogP contribution in [-0.4, -0.2) is 51.6 Å². The number of carboxylic acid groups (broad SMARTS) is 1. The molecule has 0 radical (unpaired) electrons. The number of carbonyl (C=O) groups excluding carboxylic acids is 4. The smallest absolute Gasteiger partial charge is 0.326 e. The van der Waals surface area contributed by atoms with E-state index in [9.17, 15) is 34.2 Å². The Kier molecular flexibility index (Phi) is 8.18. The minimum atomic E-state index is -1.68. The number of nitrogens with one attached hydrogen (secondary N) is 3. The molecule has 0 bridgehead atoms. The molecule has 3 aromatic carbocycles. The van der Waals surface area contributed by atoms with Crippen molar-refractivity contribution in [3.8, 4) is 5.75 Å². The number of fused-ring (bicyclic) bond motifs is 1. The maximum atomic E-state index is 13.0. The van der Waals surface area contributed by atoms with E-state index in [-0.39, 0.29) is 33.5 Å². The van der Waals surface area contributed by atoms with Crippen molar-refractivity contribution < 1.29 is 34.2 Å². The van der Waals surface area contributed by atoms with Gasteiger partial charge in [-0.3, -0.25) is 19.2 Å². The summed E-state index contributed by atoms with van der Waals surface area (Å²) >= 11 is 12.5. The zero-order chi connectivity index (χ0) is 28.3. The second kappa shape index (κ2) is 11.5. The van der Waals surface area contributed by atoms with E-state index in [0.29, 0.717) is 16.8 Å². The van der Waals surface area contributed by atoms with Crippen molar-refractivity contribution in [3.05, 3.63) is 93.0 Å². The molecule has 2 amide bonds. The quantitative estimate of drug-likeness (QED) is 0.193. The molecule has 1 heterocycles. The highest BCUT2D eigenvalue weighted by molar-refractivity contribution is 6.40. The van der Waals surface area contributed by atoms with Crippen LogP contribution in [0.1, 0.15) is 43.1 Å². The molecule has 39 heavy (non-hydrogen) atoms. The summed E-state index contributed by atoms with van der Waals surface area (Å²) in [6.07, 6.45) is -0.711. The van der Waals surface area contributed by atoms with Gasteiger partial charge in [0.2, 0.25) is 0 Å². The molecule has 3 aromatic rings. The molecule has 0 spiro atoms. The predicted octanol–water partition coefficient (Wildman–Crippen LogP) is 3.45. The Balaban J connectivity index is 1.43. The van der Waals surface area contributed by atoms with Crippen molar-refractivity contribution in [2.45, 2.75) is 25.0 Å². The van der Waals surface area contributed by atoms with Crippen molar-refractivity contribution in [2.75, 3.05) is 5.32 Å². The molecule has 200 valence electrons. The van der Waals surface area contributed by atoms with Gasteiger partial charge in [-0.05, 0) is 42.0 Å². The van der Waals surface area contributed by atoms with Gasteiger partial charge in [0.1, 0.15) is 11.8 Å². The maximum Gasteiger partial charge on any atom is 0.326 e. The van der Waals surface area contributed by atoms with Crippen LogP contribution in [0.5, 0.6) is 5.75 Å². The second-order valence-corrected chi connectivity index (χ2v) is 9.50. The molecule has 2 atom stereocenters. The number of halogens is 2.